The van der Waals surface area contributed by atoms with E-state index in [1.165, 1.54) is 11.4 Å². The maximum absolute atomic E-state index is 13.3. The molecule has 0 radical (unpaired) electrons. The topological polar surface area (TPSA) is 73.6 Å². The standard InChI is InChI=1S/C23H26F3N3O3S/c1-32-14-13-29(33(30,31)22-7-5-20(6-8-22)23(24,25)26)21-9-11-28(12-10-21)17-19-4-2-3-18(15-19)16-27/h2-8,15,21H,9-14,17H2,1H3. The summed E-state index contributed by atoms with van der Waals surface area (Å²) < 4.78 is 71.6. The molecule has 3 rings (SSSR count). The second-order valence-electron chi connectivity index (χ2n) is 7.95. The number of methoxy groups -OCH3 is 1. The average molecular weight is 482 g/mol. The van der Waals surface area contributed by atoms with Gasteiger partial charge in [-0.05, 0) is 54.8 Å². The molecule has 0 amide bonds. The van der Waals surface area contributed by atoms with Crippen LogP contribution in [-0.2, 0) is 27.5 Å². The molecule has 1 aliphatic heterocycles. The third-order valence-corrected chi connectivity index (χ3v) is 7.70. The van der Waals surface area contributed by atoms with E-state index in [9.17, 15) is 21.6 Å². The first-order chi connectivity index (χ1) is 15.6. The monoisotopic (exact) mass is 481 g/mol. The molecule has 0 atom stereocenters. The Bertz CT molecular complexity index is 1070. The van der Waals surface area contributed by atoms with Crippen molar-refractivity contribution in [3.05, 3.63) is 65.2 Å². The number of nitriles is 1. The molecule has 1 heterocycles. The molecular formula is C23H26F3N3O3S. The van der Waals surface area contributed by atoms with Crippen molar-refractivity contribution in [3.63, 3.8) is 0 Å². The molecule has 0 aliphatic carbocycles. The van der Waals surface area contributed by atoms with Crippen LogP contribution in [0.5, 0.6) is 0 Å². The molecule has 10 heteroatoms. The number of nitrogens with zero attached hydrogens (tertiary/aromatic N) is 3. The second-order valence-corrected chi connectivity index (χ2v) is 9.84. The molecule has 1 fully saturated rings. The van der Waals surface area contributed by atoms with Crippen LogP contribution >= 0.6 is 0 Å². The van der Waals surface area contributed by atoms with E-state index in [2.05, 4.69) is 11.0 Å². The highest BCUT2D eigenvalue weighted by Crippen LogP contribution is 2.31. The van der Waals surface area contributed by atoms with Crippen molar-refractivity contribution < 1.29 is 26.3 Å². The fraction of sp³-hybridized carbons (Fsp3) is 0.435. The van der Waals surface area contributed by atoms with E-state index < -0.39 is 21.8 Å². The van der Waals surface area contributed by atoms with Gasteiger partial charge in [-0.15, -0.1) is 0 Å². The first-order valence-corrected chi connectivity index (χ1v) is 12.0. The summed E-state index contributed by atoms with van der Waals surface area (Å²) in [4.78, 5) is 2.04. The molecule has 0 saturated carbocycles. The van der Waals surface area contributed by atoms with Crippen LogP contribution < -0.4 is 0 Å². The lowest BCUT2D eigenvalue weighted by molar-refractivity contribution is -0.137. The van der Waals surface area contributed by atoms with Crippen molar-refractivity contribution in [2.45, 2.75) is 36.5 Å². The van der Waals surface area contributed by atoms with E-state index >= 15 is 0 Å². The Balaban J connectivity index is 1.72. The number of hydrogen-bond acceptors (Lipinski definition) is 5. The zero-order chi connectivity index (χ0) is 24.1. The highest BCUT2D eigenvalue weighted by molar-refractivity contribution is 7.89. The largest absolute Gasteiger partial charge is 0.416 e. The van der Waals surface area contributed by atoms with Gasteiger partial charge < -0.3 is 4.74 Å². The number of piperidine rings is 1. The van der Waals surface area contributed by atoms with Crippen molar-refractivity contribution in [1.29, 1.82) is 5.26 Å². The molecule has 0 aromatic heterocycles. The summed E-state index contributed by atoms with van der Waals surface area (Å²) in [5.41, 5.74) is 0.718. The quantitative estimate of drug-likeness (QED) is 0.572. The van der Waals surface area contributed by atoms with Crippen LogP contribution in [0.25, 0.3) is 0 Å². The van der Waals surface area contributed by atoms with Gasteiger partial charge in [-0.3, -0.25) is 4.90 Å². The number of sulfonamides is 1. The molecule has 0 spiro atoms. The molecule has 33 heavy (non-hydrogen) atoms. The van der Waals surface area contributed by atoms with Crippen LogP contribution in [0.3, 0.4) is 0 Å². The number of ether oxygens (including phenoxy) is 1. The average Bonchev–Trinajstić information content (AvgIpc) is 2.80. The first-order valence-electron chi connectivity index (χ1n) is 10.5. The minimum Gasteiger partial charge on any atom is -0.383 e. The highest BCUT2D eigenvalue weighted by atomic mass is 32.2. The van der Waals surface area contributed by atoms with Gasteiger partial charge in [0.05, 0.1) is 28.7 Å². The minimum absolute atomic E-state index is 0.120. The van der Waals surface area contributed by atoms with Gasteiger partial charge in [0.2, 0.25) is 10.0 Å². The second kappa shape index (κ2) is 10.7. The lowest BCUT2D eigenvalue weighted by Crippen LogP contribution is -2.48. The van der Waals surface area contributed by atoms with Crippen LogP contribution in [-0.4, -0.2) is 57.0 Å². The molecule has 0 bridgehead atoms. The number of hydrogen-bond donors (Lipinski definition) is 0. The predicted molar refractivity (Wildman–Crippen MR) is 117 cm³/mol. The van der Waals surface area contributed by atoms with E-state index in [-0.39, 0.29) is 24.1 Å². The van der Waals surface area contributed by atoms with E-state index in [1.54, 1.807) is 6.07 Å². The Labute approximate surface area is 192 Å². The zero-order valence-corrected chi connectivity index (χ0v) is 19.1. The van der Waals surface area contributed by atoms with E-state index in [0.29, 0.717) is 38.0 Å². The van der Waals surface area contributed by atoms with Gasteiger partial charge in [0.25, 0.3) is 0 Å². The normalized spacial score (nSPS) is 16.1. The van der Waals surface area contributed by atoms with Crippen LogP contribution in [0, 0.1) is 11.3 Å². The fourth-order valence-corrected chi connectivity index (χ4v) is 5.66. The van der Waals surface area contributed by atoms with Crippen molar-refractivity contribution in [3.8, 4) is 6.07 Å². The van der Waals surface area contributed by atoms with E-state index in [0.717, 1.165) is 29.8 Å². The first kappa shape index (κ1) is 25.2. The summed E-state index contributed by atoms with van der Waals surface area (Å²) in [6.07, 6.45) is -3.36. The van der Waals surface area contributed by atoms with Crippen LogP contribution in [0.1, 0.15) is 29.5 Å². The number of likely N-dealkylation sites (tertiary alicyclic amines) is 1. The molecule has 178 valence electrons. The summed E-state index contributed by atoms with van der Waals surface area (Å²) in [7, 11) is -2.52. The summed E-state index contributed by atoms with van der Waals surface area (Å²) in [6, 6.07) is 12.8. The summed E-state index contributed by atoms with van der Waals surface area (Å²) in [5, 5.41) is 9.07. The van der Waals surface area contributed by atoms with Gasteiger partial charge in [-0.1, -0.05) is 12.1 Å². The molecule has 0 unspecified atom stereocenters. The minimum atomic E-state index is -4.53. The Morgan fingerprint density at radius 1 is 1.15 bits per heavy atom. The Morgan fingerprint density at radius 2 is 1.82 bits per heavy atom. The molecule has 1 aliphatic rings. The Kier molecular flexibility index (Phi) is 8.13. The summed E-state index contributed by atoms with van der Waals surface area (Å²) in [5.74, 6) is 0. The van der Waals surface area contributed by atoms with Crippen LogP contribution in [0.2, 0.25) is 0 Å². The molecule has 0 N–H and O–H groups in total. The maximum Gasteiger partial charge on any atom is 0.416 e. The number of rotatable bonds is 8. The van der Waals surface area contributed by atoms with Gasteiger partial charge in [-0.2, -0.15) is 22.7 Å². The van der Waals surface area contributed by atoms with Gasteiger partial charge in [0.15, 0.2) is 0 Å². The SMILES string of the molecule is COCCN(C1CCN(Cc2cccc(C#N)c2)CC1)S(=O)(=O)c1ccc(C(F)(F)F)cc1. The molecule has 2 aromatic rings. The summed E-state index contributed by atoms with van der Waals surface area (Å²) in [6.45, 7) is 2.28. The number of alkyl halides is 3. The number of halogens is 3. The van der Waals surface area contributed by atoms with Gasteiger partial charge in [0.1, 0.15) is 0 Å². The molecule has 6 nitrogen and oxygen atoms in total. The summed E-state index contributed by atoms with van der Waals surface area (Å²) >= 11 is 0. The molecule has 2 aromatic carbocycles. The van der Waals surface area contributed by atoms with Gasteiger partial charge in [0, 0.05) is 39.3 Å². The van der Waals surface area contributed by atoms with E-state index in [4.69, 9.17) is 10.00 Å². The van der Waals surface area contributed by atoms with Gasteiger partial charge >= 0.3 is 6.18 Å². The zero-order valence-electron chi connectivity index (χ0n) is 18.3. The Morgan fingerprint density at radius 3 is 2.39 bits per heavy atom. The fourth-order valence-electron chi connectivity index (χ4n) is 3.99. The van der Waals surface area contributed by atoms with Gasteiger partial charge in [-0.25, -0.2) is 8.42 Å². The highest BCUT2D eigenvalue weighted by Gasteiger charge is 2.35. The van der Waals surface area contributed by atoms with Crippen LogP contribution in [0.15, 0.2) is 53.4 Å². The third-order valence-electron chi connectivity index (χ3n) is 5.73. The van der Waals surface area contributed by atoms with E-state index in [1.807, 2.05) is 18.2 Å². The van der Waals surface area contributed by atoms with Crippen molar-refractivity contribution >= 4 is 10.0 Å². The Hall–Kier alpha value is -2.45. The predicted octanol–water partition coefficient (Wildman–Crippen LogP) is 3.88. The lowest BCUT2D eigenvalue weighted by atomic mass is 10.0. The number of benzene rings is 2. The lowest BCUT2D eigenvalue weighted by Gasteiger charge is -2.37. The molecular weight excluding hydrogens is 455 g/mol. The maximum atomic E-state index is 13.3. The smallest absolute Gasteiger partial charge is 0.383 e. The van der Waals surface area contributed by atoms with Crippen LogP contribution in [0.4, 0.5) is 13.2 Å². The molecule has 1 saturated heterocycles. The third kappa shape index (κ3) is 6.32. The van der Waals surface area contributed by atoms with Crippen molar-refractivity contribution in [1.82, 2.24) is 9.21 Å². The van der Waals surface area contributed by atoms with Crippen molar-refractivity contribution in [2.24, 2.45) is 0 Å². The van der Waals surface area contributed by atoms with Crippen molar-refractivity contribution in [2.75, 3.05) is 33.4 Å².